The molecule has 1 atom stereocenters. The number of benzene rings is 1. The quantitative estimate of drug-likeness (QED) is 0.323. The molecule has 2 heterocycles. The van der Waals surface area contributed by atoms with Crippen molar-refractivity contribution in [3.63, 3.8) is 0 Å². The fourth-order valence-electron chi connectivity index (χ4n) is 4.00. The van der Waals surface area contributed by atoms with Crippen LogP contribution in [0.25, 0.3) is 10.9 Å². The fraction of sp³-hybridized carbons (Fsp3) is 0.571. The van der Waals surface area contributed by atoms with Gasteiger partial charge in [-0.3, -0.25) is 4.99 Å². The maximum Gasteiger partial charge on any atom is 0.191 e. The number of para-hydroxylation sites is 1. The van der Waals surface area contributed by atoms with Gasteiger partial charge in [0.05, 0.1) is 0 Å². The molecule has 1 saturated heterocycles. The normalized spacial score (nSPS) is 20.6. The Bertz CT molecular complexity index is 752. The zero-order valence-corrected chi connectivity index (χ0v) is 18.5. The lowest BCUT2D eigenvalue weighted by Gasteiger charge is -2.15. The molecule has 6 heteroatoms. The molecule has 0 radical (unpaired) electrons. The van der Waals surface area contributed by atoms with Gasteiger partial charge in [-0.25, -0.2) is 0 Å². The van der Waals surface area contributed by atoms with E-state index >= 15 is 0 Å². The molecule has 3 N–H and O–H groups in total. The largest absolute Gasteiger partial charge is 0.361 e. The Morgan fingerprint density at radius 1 is 1.22 bits per heavy atom. The van der Waals surface area contributed by atoms with Gasteiger partial charge in [-0.05, 0) is 56.7 Å². The number of hydrogen-bond acceptors (Lipinski definition) is 2. The van der Waals surface area contributed by atoms with Crippen LogP contribution in [0.1, 0.15) is 31.7 Å². The Hall–Kier alpha value is -1.28. The van der Waals surface area contributed by atoms with E-state index in [4.69, 9.17) is 4.99 Å². The average molecular weight is 481 g/mol. The Kier molecular flexibility index (Phi) is 7.41. The highest BCUT2D eigenvalue weighted by atomic mass is 127. The van der Waals surface area contributed by atoms with Gasteiger partial charge >= 0.3 is 0 Å². The van der Waals surface area contributed by atoms with Gasteiger partial charge in [0.2, 0.25) is 0 Å². The number of likely N-dealkylation sites (tertiary alicyclic amines) is 1. The van der Waals surface area contributed by atoms with Gasteiger partial charge in [-0.2, -0.15) is 0 Å². The fourth-order valence-corrected chi connectivity index (χ4v) is 4.00. The summed E-state index contributed by atoms with van der Waals surface area (Å²) in [6.45, 7) is 7.37. The maximum absolute atomic E-state index is 4.85. The first-order chi connectivity index (χ1) is 12.8. The van der Waals surface area contributed by atoms with E-state index < -0.39 is 0 Å². The van der Waals surface area contributed by atoms with Crippen molar-refractivity contribution in [3.8, 4) is 0 Å². The van der Waals surface area contributed by atoms with Crippen LogP contribution in [0.4, 0.5) is 0 Å². The number of rotatable bonds is 7. The molecule has 0 amide bonds. The lowest BCUT2D eigenvalue weighted by atomic mass is 10.1. The van der Waals surface area contributed by atoms with Crippen LogP contribution in [0.5, 0.6) is 0 Å². The van der Waals surface area contributed by atoms with Crippen LogP contribution in [0.3, 0.4) is 0 Å². The van der Waals surface area contributed by atoms with Crippen LogP contribution in [0.15, 0.2) is 35.5 Å². The second kappa shape index (κ2) is 9.78. The van der Waals surface area contributed by atoms with Gasteiger partial charge in [0.25, 0.3) is 0 Å². The zero-order chi connectivity index (χ0) is 17.8. The maximum atomic E-state index is 4.85. The van der Waals surface area contributed by atoms with Gasteiger partial charge in [0, 0.05) is 49.3 Å². The van der Waals surface area contributed by atoms with E-state index in [1.807, 2.05) is 0 Å². The van der Waals surface area contributed by atoms with Gasteiger partial charge in [-0.1, -0.05) is 18.2 Å². The molecular formula is C21H32IN5. The monoisotopic (exact) mass is 481 g/mol. The highest BCUT2D eigenvalue weighted by molar-refractivity contribution is 14.0. The minimum atomic E-state index is 0. The van der Waals surface area contributed by atoms with E-state index in [0.29, 0.717) is 0 Å². The van der Waals surface area contributed by atoms with E-state index in [2.05, 4.69) is 57.9 Å². The summed E-state index contributed by atoms with van der Waals surface area (Å²) in [4.78, 5) is 10.9. The number of aromatic nitrogens is 1. The van der Waals surface area contributed by atoms with Crippen LogP contribution in [-0.2, 0) is 6.42 Å². The highest BCUT2D eigenvalue weighted by Gasteiger charge is 2.34. The molecule has 0 bridgehead atoms. The Balaban J connectivity index is 0.00000210. The van der Waals surface area contributed by atoms with Gasteiger partial charge in [-0.15, -0.1) is 24.0 Å². The minimum Gasteiger partial charge on any atom is -0.361 e. The Morgan fingerprint density at radius 3 is 2.89 bits per heavy atom. The van der Waals surface area contributed by atoms with Crippen molar-refractivity contribution in [3.05, 3.63) is 36.0 Å². The second-order valence-corrected chi connectivity index (χ2v) is 7.64. The number of guanidine groups is 1. The number of nitrogens with one attached hydrogen (secondary N) is 3. The molecule has 1 unspecified atom stereocenters. The molecule has 2 aromatic rings. The summed E-state index contributed by atoms with van der Waals surface area (Å²) in [5.41, 5.74) is 2.57. The van der Waals surface area contributed by atoms with Crippen molar-refractivity contribution < 1.29 is 0 Å². The summed E-state index contributed by atoms with van der Waals surface area (Å²) in [6.07, 6.45) is 7.24. The summed E-state index contributed by atoms with van der Waals surface area (Å²) in [5.74, 6) is 1.68. The number of aromatic amines is 1. The second-order valence-electron chi connectivity index (χ2n) is 7.64. The van der Waals surface area contributed by atoms with Crippen LogP contribution in [-0.4, -0.2) is 54.6 Å². The number of nitrogens with zero attached hydrogens (tertiary/aromatic N) is 2. The molecule has 2 aliphatic rings. The third-order valence-electron chi connectivity index (χ3n) is 5.59. The Morgan fingerprint density at radius 2 is 2.07 bits per heavy atom. The number of aliphatic imine (C=N–C) groups is 1. The summed E-state index contributed by atoms with van der Waals surface area (Å²) >= 11 is 0. The molecule has 1 aliphatic carbocycles. The van der Waals surface area contributed by atoms with Gasteiger partial charge in [0.1, 0.15) is 0 Å². The first-order valence-corrected chi connectivity index (χ1v) is 10.1. The summed E-state index contributed by atoms with van der Waals surface area (Å²) in [6, 6.07) is 9.39. The third kappa shape index (κ3) is 5.38. The third-order valence-corrected chi connectivity index (χ3v) is 5.59. The van der Waals surface area contributed by atoms with E-state index in [-0.39, 0.29) is 24.0 Å². The van der Waals surface area contributed by atoms with E-state index in [1.165, 1.54) is 48.8 Å². The predicted octanol–water partition coefficient (Wildman–Crippen LogP) is 3.37. The molecule has 0 spiro atoms. The molecule has 1 aromatic carbocycles. The Labute approximate surface area is 179 Å². The van der Waals surface area contributed by atoms with E-state index in [0.717, 1.165) is 44.0 Å². The van der Waals surface area contributed by atoms with Crippen LogP contribution < -0.4 is 10.6 Å². The summed E-state index contributed by atoms with van der Waals surface area (Å²) < 4.78 is 0. The van der Waals surface area contributed by atoms with Crippen molar-refractivity contribution in [1.29, 1.82) is 0 Å². The number of halogens is 1. The molecule has 5 nitrogen and oxygen atoms in total. The minimum absolute atomic E-state index is 0. The SMILES string of the molecule is CCNC(=NCC1CCN(C2CC2)C1)NCCc1c[nH]c2ccccc12.I. The topological polar surface area (TPSA) is 55.5 Å². The van der Waals surface area contributed by atoms with Gasteiger partial charge < -0.3 is 20.5 Å². The van der Waals surface area contributed by atoms with Crippen molar-refractivity contribution >= 4 is 40.8 Å². The average Bonchev–Trinajstić information content (AvgIpc) is 3.27. The van der Waals surface area contributed by atoms with Crippen LogP contribution in [0, 0.1) is 5.92 Å². The van der Waals surface area contributed by atoms with Crippen molar-refractivity contribution in [1.82, 2.24) is 20.5 Å². The molecule has 4 rings (SSSR count). The van der Waals surface area contributed by atoms with Crippen LogP contribution in [0.2, 0.25) is 0 Å². The lowest BCUT2D eigenvalue weighted by Crippen LogP contribution is -2.38. The molecule has 2 fully saturated rings. The zero-order valence-electron chi connectivity index (χ0n) is 16.2. The molecular weight excluding hydrogens is 449 g/mol. The smallest absolute Gasteiger partial charge is 0.191 e. The summed E-state index contributed by atoms with van der Waals surface area (Å²) in [7, 11) is 0. The predicted molar refractivity (Wildman–Crippen MR) is 124 cm³/mol. The van der Waals surface area contributed by atoms with Crippen molar-refractivity contribution in [2.45, 2.75) is 38.6 Å². The van der Waals surface area contributed by atoms with E-state index in [1.54, 1.807) is 0 Å². The number of fused-ring (bicyclic) bond motifs is 1. The van der Waals surface area contributed by atoms with Crippen LogP contribution >= 0.6 is 24.0 Å². The highest BCUT2D eigenvalue weighted by Crippen LogP contribution is 2.31. The molecule has 148 valence electrons. The first-order valence-electron chi connectivity index (χ1n) is 10.1. The van der Waals surface area contributed by atoms with Crippen molar-refractivity contribution in [2.24, 2.45) is 10.9 Å². The number of H-pyrrole nitrogens is 1. The molecule has 27 heavy (non-hydrogen) atoms. The number of hydrogen-bond donors (Lipinski definition) is 3. The lowest BCUT2D eigenvalue weighted by molar-refractivity contribution is 0.315. The summed E-state index contributed by atoms with van der Waals surface area (Å²) in [5, 5.41) is 8.21. The first kappa shape index (κ1) is 20.5. The molecule has 1 aliphatic heterocycles. The molecule has 1 saturated carbocycles. The van der Waals surface area contributed by atoms with Gasteiger partial charge in [0.15, 0.2) is 5.96 Å². The molecule has 1 aromatic heterocycles. The standard InChI is InChI=1S/C21H31N5.HI/c1-2-22-21(25-13-16-10-12-26(15-16)18-7-8-18)23-11-9-17-14-24-20-6-4-3-5-19(17)20;/h3-6,14,16,18,24H,2,7-13,15H2,1H3,(H2,22,23,25);1H. The van der Waals surface area contributed by atoms with Crippen molar-refractivity contribution in [2.75, 3.05) is 32.7 Å². The van der Waals surface area contributed by atoms with E-state index in [9.17, 15) is 0 Å².